The van der Waals surface area contributed by atoms with E-state index in [1.807, 2.05) is 6.92 Å². The van der Waals surface area contributed by atoms with Gasteiger partial charge in [-0.05, 0) is 18.6 Å². The van der Waals surface area contributed by atoms with Crippen LogP contribution >= 0.6 is 0 Å². The van der Waals surface area contributed by atoms with Crippen molar-refractivity contribution >= 4 is 11.7 Å². The van der Waals surface area contributed by atoms with Gasteiger partial charge in [0.1, 0.15) is 5.82 Å². The Hall–Kier alpha value is -1.66. The third kappa shape index (κ3) is 3.46. The van der Waals surface area contributed by atoms with Gasteiger partial charge in [-0.3, -0.25) is 9.69 Å². The summed E-state index contributed by atoms with van der Waals surface area (Å²) in [5, 5.41) is 9.68. The van der Waals surface area contributed by atoms with Crippen LogP contribution in [-0.2, 0) is 0 Å². The molecule has 1 fully saturated rings. The number of nitrogens with zero attached hydrogens (tertiary/aromatic N) is 3. The number of hydrogen-bond donors (Lipinski definition) is 2. The van der Waals surface area contributed by atoms with E-state index in [2.05, 4.69) is 14.8 Å². The summed E-state index contributed by atoms with van der Waals surface area (Å²) in [6.07, 6.45) is 2.18. The molecule has 0 saturated carbocycles. The van der Waals surface area contributed by atoms with Gasteiger partial charge in [-0.1, -0.05) is 6.92 Å². The lowest BCUT2D eigenvalue weighted by Gasteiger charge is -2.36. The Labute approximate surface area is 119 Å². The summed E-state index contributed by atoms with van der Waals surface area (Å²) >= 11 is 0. The monoisotopic (exact) mass is 278 g/mol. The van der Waals surface area contributed by atoms with Crippen molar-refractivity contribution in [1.82, 2.24) is 9.88 Å². The molecule has 0 bridgehead atoms. The van der Waals surface area contributed by atoms with E-state index >= 15 is 0 Å². The third-order valence-corrected chi connectivity index (χ3v) is 3.66. The highest BCUT2D eigenvalue weighted by atomic mass is 16.3. The number of aromatic nitrogens is 1. The fourth-order valence-electron chi connectivity index (χ4n) is 2.41. The van der Waals surface area contributed by atoms with E-state index in [0.29, 0.717) is 17.9 Å². The number of aliphatic hydroxyl groups is 1. The zero-order valence-electron chi connectivity index (χ0n) is 11.8. The van der Waals surface area contributed by atoms with Crippen molar-refractivity contribution in [1.29, 1.82) is 0 Å². The predicted octanol–water partition coefficient (Wildman–Crippen LogP) is 0.0734. The highest BCUT2D eigenvalue weighted by molar-refractivity contribution is 5.97. The van der Waals surface area contributed by atoms with Gasteiger partial charge in [0.25, 0.3) is 5.91 Å². The Morgan fingerprint density at radius 2 is 2.15 bits per heavy atom. The van der Waals surface area contributed by atoms with Gasteiger partial charge < -0.3 is 15.7 Å². The number of carbonyl (C=O) groups is 1. The van der Waals surface area contributed by atoms with E-state index in [4.69, 9.17) is 5.73 Å². The fourth-order valence-corrected chi connectivity index (χ4v) is 2.41. The predicted molar refractivity (Wildman–Crippen MR) is 77.7 cm³/mol. The Bertz CT molecular complexity index is 458. The van der Waals surface area contributed by atoms with E-state index in [1.165, 1.54) is 0 Å². The summed E-state index contributed by atoms with van der Waals surface area (Å²) in [6, 6.07) is 3.43. The Kier molecular flexibility index (Phi) is 4.92. The maximum atomic E-state index is 11.4. The molecule has 20 heavy (non-hydrogen) atoms. The van der Waals surface area contributed by atoms with Crippen molar-refractivity contribution < 1.29 is 9.90 Å². The molecule has 2 rings (SSSR count). The molecule has 0 spiro atoms. The number of amides is 1. The number of nitrogens with two attached hydrogens (primary N) is 1. The summed E-state index contributed by atoms with van der Waals surface area (Å²) in [5.74, 6) is 0.215. The minimum Gasteiger partial charge on any atom is -0.392 e. The summed E-state index contributed by atoms with van der Waals surface area (Å²) in [7, 11) is 0. The lowest BCUT2D eigenvalue weighted by molar-refractivity contribution is 0.0999. The van der Waals surface area contributed by atoms with Crippen LogP contribution in [0.25, 0.3) is 0 Å². The molecule has 1 aromatic heterocycles. The summed E-state index contributed by atoms with van der Waals surface area (Å²) < 4.78 is 0. The number of primary amides is 1. The molecule has 1 atom stereocenters. The van der Waals surface area contributed by atoms with Crippen LogP contribution in [0.2, 0.25) is 0 Å². The molecular formula is C14H22N4O2. The van der Waals surface area contributed by atoms with E-state index in [1.54, 1.807) is 18.3 Å². The standard InChI is InChI=1S/C14H22N4O2/c1-2-11(19)10-17-6-8-18(9-7-17)14-12(13(15)20)4-3-5-16-14/h3-5,11,19H,2,6-10H2,1H3,(H2,15,20)/t11-/m1/s1. The van der Waals surface area contributed by atoms with Crippen LogP contribution in [0.3, 0.4) is 0 Å². The van der Waals surface area contributed by atoms with E-state index in [9.17, 15) is 9.90 Å². The molecule has 110 valence electrons. The molecule has 1 aromatic rings. The number of hydrogen-bond acceptors (Lipinski definition) is 5. The average Bonchev–Trinajstić information content (AvgIpc) is 2.48. The first kappa shape index (κ1) is 14.7. The third-order valence-electron chi connectivity index (χ3n) is 3.66. The van der Waals surface area contributed by atoms with Crippen LogP contribution < -0.4 is 10.6 Å². The number of aliphatic hydroxyl groups excluding tert-OH is 1. The van der Waals surface area contributed by atoms with E-state index in [-0.39, 0.29) is 6.10 Å². The van der Waals surface area contributed by atoms with Crippen molar-refractivity contribution in [2.75, 3.05) is 37.6 Å². The molecule has 1 amide bonds. The van der Waals surface area contributed by atoms with Gasteiger partial charge in [-0.15, -0.1) is 0 Å². The first-order valence-corrected chi connectivity index (χ1v) is 7.02. The maximum Gasteiger partial charge on any atom is 0.252 e. The molecule has 2 heterocycles. The first-order valence-electron chi connectivity index (χ1n) is 7.02. The van der Waals surface area contributed by atoms with Crippen molar-refractivity contribution in [2.45, 2.75) is 19.4 Å². The van der Waals surface area contributed by atoms with Gasteiger partial charge in [-0.2, -0.15) is 0 Å². The zero-order valence-corrected chi connectivity index (χ0v) is 11.8. The van der Waals surface area contributed by atoms with Crippen molar-refractivity contribution in [3.63, 3.8) is 0 Å². The number of pyridine rings is 1. The first-order chi connectivity index (χ1) is 9.61. The number of rotatable bonds is 5. The van der Waals surface area contributed by atoms with Crippen LogP contribution in [0.5, 0.6) is 0 Å². The number of anilines is 1. The van der Waals surface area contributed by atoms with E-state index in [0.717, 1.165) is 32.6 Å². The van der Waals surface area contributed by atoms with Gasteiger partial charge in [0.2, 0.25) is 0 Å². The summed E-state index contributed by atoms with van der Waals surface area (Å²) in [4.78, 5) is 20.0. The molecule has 1 aliphatic rings. The molecule has 1 saturated heterocycles. The quantitative estimate of drug-likeness (QED) is 0.796. The Balaban J connectivity index is 1.99. The number of carbonyl (C=O) groups excluding carboxylic acids is 1. The smallest absolute Gasteiger partial charge is 0.252 e. The van der Waals surface area contributed by atoms with Crippen molar-refractivity contribution in [3.8, 4) is 0 Å². The second-order valence-corrected chi connectivity index (χ2v) is 5.09. The summed E-state index contributed by atoms with van der Waals surface area (Å²) in [5.41, 5.74) is 5.85. The van der Waals surface area contributed by atoms with Gasteiger partial charge >= 0.3 is 0 Å². The lowest BCUT2D eigenvalue weighted by atomic mass is 10.2. The van der Waals surface area contributed by atoms with Gasteiger partial charge in [0.05, 0.1) is 11.7 Å². The second-order valence-electron chi connectivity index (χ2n) is 5.09. The van der Waals surface area contributed by atoms with Crippen LogP contribution in [0.1, 0.15) is 23.7 Å². The zero-order chi connectivity index (χ0) is 14.5. The minimum atomic E-state index is -0.447. The molecule has 3 N–H and O–H groups in total. The van der Waals surface area contributed by atoms with Gasteiger partial charge in [0, 0.05) is 38.9 Å². The largest absolute Gasteiger partial charge is 0.392 e. The Morgan fingerprint density at radius 3 is 2.75 bits per heavy atom. The molecule has 6 nitrogen and oxygen atoms in total. The summed E-state index contributed by atoms with van der Waals surface area (Å²) in [6.45, 7) is 5.96. The molecule has 0 aromatic carbocycles. The SMILES string of the molecule is CC[C@@H](O)CN1CCN(c2ncccc2C(N)=O)CC1. The molecule has 0 unspecified atom stereocenters. The van der Waals surface area contributed by atoms with Crippen LogP contribution in [0, 0.1) is 0 Å². The highest BCUT2D eigenvalue weighted by Gasteiger charge is 2.22. The minimum absolute atomic E-state index is 0.266. The van der Waals surface area contributed by atoms with Gasteiger partial charge in [-0.25, -0.2) is 4.98 Å². The lowest BCUT2D eigenvalue weighted by Crippen LogP contribution is -2.49. The molecule has 0 aliphatic carbocycles. The van der Waals surface area contributed by atoms with Crippen LogP contribution in [0.15, 0.2) is 18.3 Å². The fraction of sp³-hybridized carbons (Fsp3) is 0.571. The molecule has 6 heteroatoms. The molecule has 0 radical (unpaired) electrons. The Morgan fingerprint density at radius 1 is 1.45 bits per heavy atom. The topological polar surface area (TPSA) is 82.7 Å². The normalized spacial score (nSPS) is 18.0. The van der Waals surface area contributed by atoms with Crippen molar-refractivity contribution in [2.24, 2.45) is 5.73 Å². The maximum absolute atomic E-state index is 11.4. The number of piperazine rings is 1. The van der Waals surface area contributed by atoms with Gasteiger partial charge in [0.15, 0.2) is 0 Å². The van der Waals surface area contributed by atoms with Crippen LogP contribution in [-0.4, -0.2) is 59.7 Å². The second kappa shape index (κ2) is 6.67. The van der Waals surface area contributed by atoms with Crippen LogP contribution in [0.4, 0.5) is 5.82 Å². The van der Waals surface area contributed by atoms with E-state index < -0.39 is 5.91 Å². The highest BCUT2D eigenvalue weighted by Crippen LogP contribution is 2.18. The molecule has 1 aliphatic heterocycles. The average molecular weight is 278 g/mol. The van der Waals surface area contributed by atoms with Crippen molar-refractivity contribution in [3.05, 3.63) is 23.9 Å². The number of β-amino-alcohol motifs (C(OH)–C–C–N with tert-alkyl or cyclic N) is 1. The molecular weight excluding hydrogens is 256 g/mol.